The number of amides is 2. The molecule has 1 aromatic heterocycles. The van der Waals surface area contributed by atoms with E-state index in [0.29, 0.717) is 24.6 Å². The number of nitrogens with two attached hydrogens (primary N) is 1. The number of nitrogens with zero attached hydrogens (tertiary/aromatic N) is 4. The molecule has 2 aromatic rings. The van der Waals surface area contributed by atoms with Crippen LogP contribution in [0.3, 0.4) is 0 Å². The van der Waals surface area contributed by atoms with E-state index in [2.05, 4.69) is 26.2 Å². The van der Waals surface area contributed by atoms with Gasteiger partial charge in [-0.25, -0.2) is 15.0 Å². The number of aromatic nitrogens is 2. The second kappa shape index (κ2) is 9.47. The Morgan fingerprint density at radius 1 is 1.38 bits per heavy atom. The average molecular weight is 435 g/mol. The molecular weight excluding hydrogens is 408 g/mol. The van der Waals surface area contributed by atoms with E-state index in [4.69, 9.17) is 16.9 Å². The van der Waals surface area contributed by atoms with Gasteiger partial charge in [0.2, 0.25) is 11.8 Å². The Hall–Kier alpha value is -3.93. The van der Waals surface area contributed by atoms with Crippen LogP contribution in [0.5, 0.6) is 5.88 Å². The first kappa shape index (κ1) is 22.7. The molecular formula is C23H26N6O3. The number of aliphatic imine (C=N–C) groups is 1. The standard InChI is InChI=1S/C23H26N6O3/c1-5-7-10-32-19-14-25-18(13-26-19)21(31)27-16-9-8-15(6-2)17(11-16)23(3)12-20(30)29(4)22(24)28-23/h1,8-9,11,13-14H,6-7,10,12H2,2-4H3,(H2,24,28)(H,27,31). The zero-order valence-electron chi connectivity index (χ0n) is 18.4. The molecule has 0 bridgehead atoms. The van der Waals surface area contributed by atoms with Gasteiger partial charge in [-0.3, -0.25) is 14.5 Å². The van der Waals surface area contributed by atoms with E-state index in [9.17, 15) is 9.59 Å². The van der Waals surface area contributed by atoms with Gasteiger partial charge in [0.05, 0.1) is 24.4 Å². The molecule has 9 heteroatoms. The fourth-order valence-corrected chi connectivity index (χ4v) is 3.45. The number of hydrogen-bond donors (Lipinski definition) is 2. The number of benzene rings is 1. The lowest BCUT2D eigenvalue weighted by Crippen LogP contribution is -2.47. The van der Waals surface area contributed by atoms with Gasteiger partial charge >= 0.3 is 0 Å². The lowest BCUT2D eigenvalue weighted by atomic mass is 9.83. The number of nitrogens with one attached hydrogen (secondary N) is 1. The van der Waals surface area contributed by atoms with E-state index in [1.54, 1.807) is 13.1 Å². The second-order valence-corrected chi connectivity index (χ2v) is 7.60. The largest absolute Gasteiger partial charge is 0.476 e. The number of hydrogen-bond acceptors (Lipinski definition) is 7. The lowest BCUT2D eigenvalue weighted by molar-refractivity contribution is -0.128. The van der Waals surface area contributed by atoms with Crippen LogP contribution in [-0.4, -0.2) is 46.3 Å². The molecule has 1 aromatic carbocycles. The van der Waals surface area contributed by atoms with E-state index in [1.807, 2.05) is 26.0 Å². The van der Waals surface area contributed by atoms with Gasteiger partial charge in [0, 0.05) is 19.2 Å². The lowest BCUT2D eigenvalue weighted by Gasteiger charge is -2.35. The normalized spacial score (nSPS) is 18.0. The van der Waals surface area contributed by atoms with Gasteiger partial charge in [-0.1, -0.05) is 13.0 Å². The number of ether oxygens (including phenoxy) is 1. The van der Waals surface area contributed by atoms with Gasteiger partial charge in [-0.05, 0) is 36.6 Å². The van der Waals surface area contributed by atoms with E-state index < -0.39 is 11.4 Å². The van der Waals surface area contributed by atoms with Crippen molar-refractivity contribution in [2.45, 2.75) is 38.6 Å². The van der Waals surface area contributed by atoms with E-state index in [0.717, 1.165) is 17.5 Å². The Bertz CT molecular complexity index is 1090. The minimum atomic E-state index is -0.822. The molecule has 1 aliphatic rings. The molecule has 0 radical (unpaired) electrons. The predicted molar refractivity (Wildman–Crippen MR) is 121 cm³/mol. The van der Waals surface area contributed by atoms with Crippen molar-refractivity contribution in [3.05, 3.63) is 47.4 Å². The van der Waals surface area contributed by atoms with Crippen LogP contribution in [0.15, 0.2) is 35.6 Å². The molecule has 3 N–H and O–H groups in total. The molecule has 0 spiro atoms. The van der Waals surface area contributed by atoms with E-state index in [1.165, 1.54) is 17.3 Å². The molecule has 0 fully saturated rings. The summed E-state index contributed by atoms with van der Waals surface area (Å²) < 4.78 is 5.34. The highest BCUT2D eigenvalue weighted by atomic mass is 16.5. The number of terminal acetylenes is 1. The maximum Gasteiger partial charge on any atom is 0.275 e. The fraction of sp³-hybridized carbons (Fsp3) is 0.348. The summed E-state index contributed by atoms with van der Waals surface area (Å²) in [5.41, 5.74) is 7.70. The third kappa shape index (κ3) is 4.86. The molecule has 32 heavy (non-hydrogen) atoms. The summed E-state index contributed by atoms with van der Waals surface area (Å²) >= 11 is 0. The highest BCUT2D eigenvalue weighted by molar-refractivity contribution is 6.03. The first-order valence-electron chi connectivity index (χ1n) is 10.2. The molecule has 0 aliphatic carbocycles. The van der Waals surface area contributed by atoms with Crippen molar-refractivity contribution in [3.8, 4) is 18.2 Å². The highest BCUT2D eigenvalue weighted by Gasteiger charge is 2.37. The van der Waals surface area contributed by atoms with Crippen molar-refractivity contribution in [3.63, 3.8) is 0 Å². The molecule has 1 unspecified atom stereocenters. The van der Waals surface area contributed by atoms with Crippen molar-refractivity contribution in [2.24, 2.45) is 10.7 Å². The molecule has 9 nitrogen and oxygen atoms in total. The Morgan fingerprint density at radius 2 is 2.16 bits per heavy atom. The quantitative estimate of drug-likeness (QED) is 0.508. The van der Waals surface area contributed by atoms with Crippen LogP contribution in [0.2, 0.25) is 0 Å². The zero-order valence-corrected chi connectivity index (χ0v) is 18.4. The third-order valence-electron chi connectivity index (χ3n) is 5.26. The van der Waals surface area contributed by atoms with Gasteiger partial charge in [-0.15, -0.1) is 12.3 Å². The minimum Gasteiger partial charge on any atom is -0.476 e. The molecule has 0 saturated heterocycles. The van der Waals surface area contributed by atoms with Crippen LogP contribution in [-0.2, 0) is 16.8 Å². The predicted octanol–water partition coefficient (Wildman–Crippen LogP) is 2.09. The number of carbonyl (C=O) groups excluding carboxylic acids is 2. The van der Waals surface area contributed by atoms with Crippen molar-refractivity contribution in [2.75, 3.05) is 19.0 Å². The number of rotatable bonds is 7. The first-order chi connectivity index (χ1) is 15.3. The first-order valence-corrected chi connectivity index (χ1v) is 10.2. The topological polar surface area (TPSA) is 123 Å². The van der Waals surface area contributed by atoms with Crippen LogP contribution in [0.25, 0.3) is 0 Å². The number of aryl methyl sites for hydroxylation is 1. The van der Waals surface area contributed by atoms with Gasteiger partial charge in [0.25, 0.3) is 5.91 Å². The molecule has 166 valence electrons. The summed E-state index contributed by atoms with van der Waals surface area (Å²) in [5, 5.41) is 2.83. The number of carbonyl (C=O) groups is 2. The Balaban J connectivity index is 1.82. The molecule has 1 atom stereocenters. The van der Waals surface area contributed by atoms with Crippen molar-refractivity contribution < 1.29 is 14.3 Å². The Kier molecular flexibility index (Phi) is 6.73. The van der Waals surface area contributed by atoms with E-state index >= 15 is 0 Å². The monoisotopic (exact) mass is 434 g/mol. The summed E-state index contributed by atoms with van der Waals surface area (Å²) in [6.07, 6.45) is 9.27. The number of anilines is 1. The molecule has 1 aliphatic heterocycles. The van der Waals surface area contributed by atoms with Crippen molar-refractivity contribution in [1.82, 2.24) is 14.9 Å². The van der Waals surface area contributed by atoms with Crippen molar-refractivity contribution in [1.29, 1.82) is 0 Å². The maximum atomic E-state index is 12.7. The third-order valence-corrected chi connectivity index (χ3v) is 5.26. The van der Waals surface area contributed by atoms with Crippen molar-refractivity contribution >= 4 is 23.5 Å². The maximum absolute atomic E-state index is 12.7. The van der Waals surface area contributed by atoms with Crippen LogP contribution in [0, 0.1) is 12.3 Å². The summed E-state index contributed by atoms with van der Waals surface area (Å²) in [4.78, 5) is 39.2. The van der Waals surface area contributed by atoms with E-state index in [-0.39, 0.29) is 24.0 Å². The zero-order chi connectivity index (χ0) is 23.3. The van der Waals surface area contributed by atoms with Crippen LogP contribution >= 0.6 is 0 Å². The highest BCUT2D eigenvalue weighted by Crippen LogP contribution is 2.36. The summed E-state index contributed by atoms with van der Waals surface area (Å²) in [6.45, 7) is 4.22. The smallest absolute Gasteiger partial charge is 0.275 e. The van der Waals surface area contributed by atoms with Gasteiger partial charge in [0.1, 0.15) is 12.3 Å². The molecule has 2 amide bonds. The molecule has 3 rings (SSSR count). The van der Waals surface area contributed by atoms with Crippen LogP contribution in [0.1, 0.15) is 48.3 Å². The Morgan fingerprint density at radius 3 is 2.78 bits per heavy atom. The van der Waals surface area contributed by atoms with Gasteiger partial charge in [-0.2, -0.15) is 0 Å². The minimum absolute atomic E-state index is 0.115. The van der Waals surface area contributed by atoms with Gasteiger partial charge < -0.3 is 15.8 Å². The van der Waals surface area contributed by atoms with Crippen LogP contribution < -0.4 is 15.8 Å². The SMILES string of the molecule is C#CCCOc1cnc(C(=O)Nc2ccc(CC)c(C3(C)CC(=O)N(C)C(N)=N3)c2)cn1. The summed E-state index contributed by atoms with van der Waals surface area (Å²) in [6, 6.07) is 5.55. The number of guanidine groups is 1. The second-order valence-electron chi connectivity index (χ2n) is 7.60. The van der Waals surface area contributed by atoms with Gasteiger partial charge in [0.15, 0.2) is 5.96 Å². The molecule has 0 saturated carbocycles. The Labute approximate surface area is 187 Å². The molecule has 2 heterocycles. The van der Waals surface area contributed by atoms with Crippen LogP contribution in [0.4, 0.5) is 5.69 Å². The summed E-state index contributed by atoms with van der Waals surface area (Å²) in [7, 11) is 1.60. The summed E-state index contributed by atoms with van der Waals surface area (Å²) in [5.74, 6) is 2.39. The fourth-order valence-electron chi connectivity index (χ4n) is 3.45. The average Bonchev–Trinajstić information content (AvgIpc) is 2.78.